The monoisotopic (exact) mass is 305 g/mol. The van der Waals surface area contributed by atoms with Gasteiger partial charge in [-0.2, -0.15) is 5.10 Å². The average Bonchev–Trinajstić information content (AvgIpc) is 2.78. The quantitative estimate of drug-likeness (QED) is 0.942. The van der Waals surface area contributed by atoms with Crippen molar-refractivity contribution in [2.45, 2.75) is 6.54 Å². The Morgan fingerprint density at radius 3 is 2.57 bits per heavy atom. The SMILES string of the molecule is Cn1nc(CN2CCN(c3cccc(Cl)c3)CC2)cc1N. The molecule has 6 heteroatoms. The average molecular weight is 306 g/mol. The first-order chi connectivity index (χ1) is 10.1. The third-order valence-corrected chi connectivity index (χ3v) is 4.13. The number of halogens is 1. The summed E-state index contributed by atoms with van der Waals surface area (Å²) in [6, 6.07) is 9.99. The molecule has 0 saturated carbocycles. The highest BCUT2D eigenvalue weighted by atomic mass is 35.5. The van der Waals surface area contributed by atoms with Crippen molar-refractivity contribution in [2.75, 3.05) is 36.8 Å². The Balaban J connectivity index is 1.57. The summed E-state index contributed by atoms with van der Waals surface area (Å²) < 4.78 is 1.72. The molecule has 2 N–H and O–H groups in total. The van der Waals surface area contributed by atoms with E-state index >= 15 is 0 Å². The third kappa shape index (κ3) is 3.31. The van der Waals surface area contributed by atoms with Gasteiger partial charge in [0.1, 0.15) is 5.82 Å². The number of anilines is 2. The van der Waals surface area contributed by atoms with Gasteiger partial charge < -0.3 is 10.6 Å². The molecule has 2 heterocycles. The van der Waals surface area contributed by atoms with Crippen LogP contribution in [0.2, 0.25) is 5.02 Å². The van der Waals surface area contributed by atoms with Crippen molar-refractivity contribution >= 4 is 23.1 Å². The van der Waals surface area contributed by atoms with E-state index in [0.717, 1.165) is 43.4 Å². The van der Waals surface area contributed by atoms with Crippen molar-refractivity contribution in [3.8, 4) is 0 Å². The van der Waals surface area contributed by atoms with E-state index in [-0.39, 0.29) is 0 Å². The first kappa shape index (κ1) is 14.2. The Morgan fingerprint density at radius 2 is 1.95 bits per heavy atom. The second kappa shape index (κ2) is 5.95. The lowest BCUT2D eigenvalue weighted by atomic mass is 10.2. The maximum absolute atomic E-state index is 6.06. The zero-order valence-electron chi connectivity index (χ0n) is 12.2. The summed E-state index contributed by atoms with van der Waals surface area (Å²) in [6.45, 7) is 4.89. The third-order valence-electron chi connectivity index (χ3n) is 3.90. The molecule has 1 aliphatic rings. The Labute approximate surface area is 129 Å². The number of benzene rings is 1. The number of piperazine rings is 1. The van der Waals surface area contributed by atoms with E-state index in [0.29, 0.717) is 5.82 Å². The maximum atomic E-state index is 6.06. The minimum Gasteiger partial charge on any atom is -0.384 e. The van der Waals surface area contributed by atoms with Gasteiger partial charge in [0.2, 0.25) is 0 Å². The number of nitrogens with two attached hydrogens (primary N) is 1. The molecule has 0 unspecified atom stereocenters. The van der Waals surface area contributed by atoms with Gasteiger partial charge in [0.25, 0.3) is 0 Å². The van der Waals surface area contributed by atoms with Gasteiger partial charge in [-0.05, 0) is 18.2 Å². The molecule has 1 aromatic carbocycles. The van der Waals surface area contributed by atoms with Crippen molar-refractivity contribution in [1.82, 2.24) is 14.7 Å². The molecule has 0 bridgehead atoms. The zero-order chi connectivity index (χ0) is 14.8. The van der Waals surface area contributed by atoms with Gasteiger partial charge >= 0.3 is 0 Å². The van der Waals surface area contributed by atoms with Crippen LogP contribution in [0.4, 0.5) is 11.5 Å². The van der Waals surface area contributed by atoms with Crippen LogP contribution in [-0.2, 0) is 13.6 Å². The van der Waals surface area contributed by atoms with Gasteiger partial charge in [0.05, 0.1) is 5.69 Å². The Hall–Kier alpha value is -1.72. The molecule has 21 heavy (non-hydrogen) atoms. The highest BCUT2D eigenvalue weighted by Crippen LogP contribution is 2.21. The number of hydrogen-bond donors (Lipinski definition) is 1. The minimum atomic E-state index is 0.711. The molecule has 2 aromatic rings. The summed E-state index contributed by atoms with van der Waals surface area (Å²) in [5, 5.41) is 5.20. The van der Waals surface area contributed by atoms with E-state index in [1.165, 1.54) is 5.69 Å². The second-order valence-corrected chi connectivity index (χ2v) is 5.86. The van der Waals surface area contributed by atoms with Gasteiger partial charge in [0, 0.05) is 56.5 Å². The van der Waals surface area contributed by atoms with Crippen LogP contribution < -0.4 is 10.6 Å². The van der Waals surface area contributed by atoms with Gasteiger partial charge in [0.15, 0.2) is 0 Å². The molecule has 0 aliphatic carbocycles. The van der Waals surface area contributed by atoms with E-state index in [2.05, 4.69) is 21.0 Å². The van der Waals surface area contributed by atoms with Crippen molar-refractivity contribution in [1.29, 1.82) is 0 Å². The van der Waals surface area contributed by atoms with Crippen LogP contribution >= 0.6 is 11.6 Å². The lowest BCUT2D eigenvalue weighted by molar-refractivity contribution is 0.246. The van der Waals surface area contributed by atoms with Crippen LogP contribution in [0, 0.1) is 0 Å². The Kier molecular flexibility index (Phi) is 4.03. The molecular formula is C15H20ClN5. The molecule has 1 saturated heterocycles. The fraction of sp³-hybridized carbons (Fsp3) is 0.400. The molecule has 112 valence electrons. The molecule has 1 fully saturated rings. The highest BCUT2D eigenvalue weighted by molar-refractivity contribution is 6.30. The summed E-state index contributed by atoms with van der Waals surface area (Å²) in [5.41, 5.74) is 8.05. The van der Waals surface area contributed by atoms with Gasteiger partial charge in [-0.15, -0.1) is 0 Å². The summed E-state index contributed by atoms with van der Waals surface area (Å²) in [7, 11) is 1.87. The number of aryl methyl sites for hydroxylation is 1. The second-order valence-electron chi connectivity index (χ2n) is 5.43. The van der Waals surface area contributed by atoms with Crippen LogP contribution in [0.15, 0.2) is 30.3 Å². The molecule has 5 nitrogen and oxygen atoms in total. The lowest BCUT2D eigenvalue weighted by Gasteiger charge is -2.35. The fourth-order valence-electron chi connectivity index (χ4n) is 2.69. The molecule has 3 rings (SSSR count). The largest absolute Gasteiger partial charge is 0.384 e. The smallest absolute Gasteiger partial charge is 0.121 e. The van der Waals surface area contributed by atoms with Crippen molar-refractivity contribution in [3.05, 3.63) is 41.0 Å². The van der Waals surface area contributed by atoms with Crippen LogP contribution in [-0.4, -0.2) is 40.9 Å². The number of nitrogens with zero attached hydrogens (tertiary/aromatic N) is 4. The molecule has 1 aromatic heterocycles. The minimum absolute atomic E-state index is 0.711. The standard InChI is InChI=1S/C15H20ClN5/c1-19-15(17)10-13(18-19)11-20-5-7-21(8-6-20)14-4-2-3-12(16)9-14/h2-4,9-10H,5-8,11,17H2,1H3. The number of nitrogen functional groups attached to an aromatic ring is 1. The summed E-state index contributed by atoms with van der Waals surface area (Å²) >= 11 is 6.06. The molecule has 1 aliphatic heterocycles. The van der Waals surface area contributed by atoms with Crippen LogP contribution in [0.1, 0.15) is 5.69 Å². The molecule has 0 radical (unpaired) electrons. The number of aromatic nitrogens is 2. The molecular weight excluding hydrogens is 286 g/mol. The number of hydrogen-bond acceptors (Lipinski definition) is 4. The van der Waals surface area contributed by atoms with Crippen LogP contribution in [0.5, 0.6) is 0 Å². The lowest BCUT2D eigenvalue weighted by Crippen LogP contribution is -2.46. The molecule has 0 amide bonds. The van der Waals surface area contributed by atoms with Gasteiger partial charge in [-0.3, -0.25) is 9.58 Å². The fourth-order valence-corrected chi connectivity index (χ4v) is 2.87. The van der Waals surface area contributed by atoms with Crippen molar-refractivity contribution < 1.29 is 0 Å². The van der Waals surface area contributed by atoms with Crippen molar-refractivity contribution in [3.63, 3.8) is 0 Å². The maximum Gasteiger partial charge on any atom is 0.121 e. The Morgan fingerprint density at radius 1 is 1.19 bits per heavy atom. The van der Waals surface area contributed by atoms with Crippen molar-refractivity contribution in [2.24, 2.45) is 7.05 Å². The molecule has 0 spiro atoms. The first-order valence-electron chi connectivity index (χ1n) is 7.13. The van der Waals surface area contributed by atoms with E-state index in [4.69, 9.17) is 17.3 Å². The van der Waals surface area contributed by atoms with Crippen LogP contribution in [0.3, 0.4) is 0 Å². The summed E-state index contributed by atoms with van der Waals surface area (Å²) in [6.07, 6.45) is 0. The summed E-state index contributed by atoms with van der Waals surface area (Å²) in [5.74, 6) is 0.711. The Bertz CT molecular complexity index is 597. The zero-order valence-corrected chi connectivity index (χ0v) is 12.9. The predicted octanol–water partition coefficient (Wildman–Crippen LogP) is 1.98. The normalized spacial score (nSPS) is 16.4. The van der Waals surface area contributed by atoms with E-state index in [9.17, 15) is 0 Å². The van der Waals surface area contributed by atoms with E-state index in [1.54, 1.807) is 4.68 Å². The molecule has 0 atom stereocenters. The topological polar surface area (TPSA) is 50.3 Å². The highest BCUT2D eigenvalue weighted by Gasteiger charge is 2.18. The van der Waals surface area contributed by atoms with Gasteiger partial charge in [-0.1, -0.05) is 17.7 Å². The predicted molar refractivity (Wildman–Crippen MR) is 86.6 cm³/mol. The van der Waals surface area contributed by atoms with Gasteiger partial charge in [-0.25, -0.2) is 0 Å². The van der Waals surface area contributed by atoms with E-state index < -0.39 is 0 Å². The first-order valence-corrected chi connectivity index (χ1v) is 7.51. The summed E-state index contributed by atoms with van der Waals surface area (Å²) in [4.78, 5) is 4.78. The van der Waals surface area contributed by atoms with E-state index in [1.807, 2.05) is 31.3 Å². The number of rotatable bonds is 3. The van der Waals surface area contributed by atoms with Crippen LogP contribution in [0.25, 0.3) is 0 Å².